The van der Waals surface area contributed by atoms with Gasteiger partial charge in [0.2, 0.25) is 0 Å². The third kappa shape index (κ3) is 4.97. The van der Waals surface area contributed by atoms with Gasteiger partial charge in [0.1, 0.15) is 0 Å². The third-order valence-electron chi connectivity index (χ3n) is 4.02. The van der Waals surface area contributed by atoms with Gasteiger partial charge in [-0.25, -0.2) is 5.01 Å². The highest BCUT2D eigenvalue weighted by Crippen LogP contribution is 2.26. The maximum absolute atomic E-state index is 2.22. The summed E-state index contributed by atoms with van der Waals surface area (Å²) >= 11 is 0. The Bertz CT molecular complexity index is 617. The monoisotopic (exact) mass is 308 g/mol. The number of hydrogen-bond donors (Lipinski definition) is 0. The van der Waals surface area contributed by atoms with Crippen LogP contribution in [0.1, 0.15) is 27.2 Å². The molecule has 2 nitrogen and oxygen atoms in total. The van der Waals surface area contributed by atoms with Gasteiger partial charge in [-0.05, 0) is 29.2 Å². The number of benzene rings is 2. The summed E-state index contributed by atoms with van der Waals surface area (Å²) in [6.07, 6.45) is 5.58. The van der Waals surface area contributed by atoms with E-state index < -0.39 is 0 Å². The molecule has 1 aliphatic rings. The highest BCUT2D eigenvalue weighted by molar-refractivity contribution is 5.68. The molecule has 122 valence electrons. The van der Waals surface area contributed by atoms with Gasteiger partial charge >= 0.3 is 0 Å². The van der Waals surface area contributed by atoms with E-state index in [1.165, 1.54) is 23.2 Å². The molecule has 0 aromatic heterocycles. The molecule has 0 saturated heterocycles. The molecule has 0 bridgehead atoms. The number of anilines is 1. The fraction of sp³-hybridized carbons (Fsp3) is 0.333. The van der Waals surface area contributed by atoms with Gasteiger partial charge in [0, 0.05) is 19.8 Å². The SMILES string of the molecule is CCC(C)C.CN1CC=CN1c1cccc(-c2ccccc2)c1. The Morgan fingerprint density at radius 3 is 2.17 bits per heavy atom. The van der Waals surface area contributed by atoms with E-state index in [1.54, 1.807) is 0 Å². The van der Waals surface area contributed by atoms with E-state index in [2.05, 4.69) is 98.6 Å². The minimum atomic E-state index is 0.884. The fourth-order valence-electron chi connectivity index (χ4n) is 2.24. The van der Waals surface area contributed by atoms with Crippen LogP contribution in [-0.4, -0.2) is 18.6 Å². The average Bonchev–Trinajstić information content (AvgIpc) is 3.02. The minimum absolute atomic E-state index is 0.884. The van der Waals surface area contributed by atoms with Crippen LogP contribution >= 0.6 is 0 Å². The second-order valence-corrected chi connectivity index (χ2v) is 6.29. The summed E-state index contributed by atoms with van der Waals surface area (Å²) in [5.41, 5.74) is 3.71. The van der Waals surface area contributed by atoms with E-state index in [1.807, 2.05) is 6.07 Å². The first kappa shape index (κ1) is 17.3. The minimum Gasteiger partial charge on any atom is -0.282 e. The zero-order valence-corrected chi connectivity index (χ0v) is 14.7. The fourth-order valence-corrected chi connectivity index (χ4v) is 2.24. The van der Waals surface area contributed by atoms with Crippen molar-refractivity contribution >= 4 is 5.69 Å². The number of nitrogens with zero attached hydrogens (tertiary/aromatic N) is 2. The van der Waals surface area contributed by atoms with E-state index in [4.69, 9.17) is 0 Å². The smallest absolute Gasteiger partial charge is 0.0579 e. The summed E-state index contributed by atoms with van der Waals surface area (Å²) < 4.78 is 0. The topological polar surface area (TPSA) is 6.48 Å². The standard InChI is InChI=1S/C16H16N2.C5H12/c1-17-11-6-12-18(17)16-10-5-9-15(13-16)14-7-3-2-4-8-14;1-4-5(2)3/h2-10,12-13H,11H2,1H3;5H,4H2,1-3H3. The molecule has 2 aromatic carbocycles. The zero-order valence-electron chi connectivity index (χ0n) is 14.7. The Labute approximate surface area is 141 Å². The van der Waals surface area contributed by atoms with Crippen molar-refractivity contribution in [2.45, 2.75) is 27.2 Å². The van der Waals surface area contributed by atoms with Gasteiger partial charge in [-0.15, -0.1) is 0 Å². The molecule has 2 aromatic rings. The van der Waals surface area contributed by atoms with E-state index in [0.717, 1.165) is 12.5 Å². The van der Waals surface area contributed by atoms with Gasteiger partial charge in [-0.1, -0.05) is 75.7 Å². The number of rotatable bonds is 3. The van der Waals surface area contributed by atoms with Gasteiger partial charge in [0.15, 0.2) is 0 Å². The van der Waals surface area contributed by atoms with E-state index in [9.17, 15) is 0 Å². The van der Waals surface area contributed by atoms with Crippen molar-refractivity contribution in [2.24, 2.45) is 5.92 Å². The lowest BCUT2D eigenvalue weighted by atomic mass is 10.1. The first-order valence-electron chi connectivity index (χ1n) is 8.44. The Morgan fingerprint density at radius 1 is 0.957 bits per heavy atom. The molecule has 23 heavy (non-hydrogen) atoms. The highest BCUT2D eigenvalue weighted by atomic mass is 15.6. The molecule has 0 unspecified atom stereocenters. The summed E-state index contributed by atoms with van der Waals surface area (Å²) in [4.78, 5) is 0. The van der Waals surface area contributed by atoms with Crippen molar-refractivity contribution in [3.05, 3.63) is 66.9 Å². The maximum Gasteiger partial charge on any atom is 0.0579 e. The number of hydrazine groups is 1. The van der Waals surface area contributed by atoms with E-state index in [-0.39, 0.29) is 0 Å². The Hall–Kier alpha value is -2.06. The van der Waals surface area contributed by atoms with E-state index in [0.29, 0.717) is 0 Å². The largest absolute Gasteiger partial charge is 0.282 e. The van der Waals surface area contributed by atoms with Crippen molar-refractivity contribution in [1.29, 1.82) is 0 Å². The van der Waals surface area contributed by atoms with Crippen LogP contribution in [0.3, 0.4) is 0 Å². The summed E-state index contributed by atoms with van der Waals surface area (Å²) in [7, 11) is 2.09. The van der Waals surface area contributed by atoms with Crippen LogP contribution in [0.5, 0.6) is 0 Å². The molecule has 0 amide bonds. The summed E-state index contributed by atoms with van der Waals surface area (Å²) in [5.74, 6) is 0.884. The van der Waals surface area contributed by atoms with E-state index >= 15 is 0 Å². The molecule has 0 N–H and O–H groups in total. The van der Waals surface area contributed by atoms with Gasteiger partial charge in [-0.3, -0.25) is 5.01 Å². The average molecular weight is 308 g/mol. The third-order valence-corrected chi connectivity index (χ3v) is 4.02. The van der Waals surface area contributed by atoms with Crippen molar-refractivity contribution in [3.63, 3.8) is 0 Å². The number of hydrogen-bond acceptors (Lipinski definition) is 2. The van der Waals surface area contributed by atoms with Crippen molar-refractivity contribution in [1.82, 2.24) is 5.01 Å². The highest BCUT2D eigenvalue weighted by Gasteiger charge is 2.13. The van der Waals surface area contributed by atoms with Crippen LogP contribution in [0, 0.1) is 5.92 Å². The molecule has 0 aliphatic carbocycles. The molecular weight excluding hydrogens is 280 g/mol. The lowest BCUT2D eigenvalue weighted by Crippen LogP contribution is -2.31. The van der Waals surface area contributed by atoms with Crippen LogP contribution in [-0.2, 0) is 0 Å². The lowest BCUT2D eigenvalue weighted by Gasteiger charge is -2.25. The molecular formula is C21H28N2. The van der Waals surface area contributed by atoms with Crippen molar-refractivity contribution in [2.75, 3.05) is 18.6 Å². The first-order chi connectivity index (χ1) is 11.1. The molecule has 0 saturated carbocycles. The van der Waals surface area contributed by atoms with Gasteiger partial charge < -0.3 is 0 Å². The molecule has 0 spiro atoms. The molecule has 0 atom stereocenters. The second-order valence-electron chi connectivity index (χ2n) is 6.29. The quantitative estimate of drug-likeness (QED) is 0.729. The maximum atomic E-state index is 2.22. The molecule has 3 rings (SSSR count). The predicted molar refractivity (Wildman–Crippen MR) is 101 cm³/mol. The molecule has 2 heteroatoms. The lowest BCUT2D eigenvalue weighted by molar-refractivity contribution is 0.397. The van der Waals surface area contributed by atoms with Gasteiger partial charge in [-0.2, -0.15) is 0 Å². The zero-order chi connectivity index (χ0) is 16.7. The van der Waals surface area contributed by atoms with Crippen molar-refractivity contribution in [3.8, 4) is 11.1 Å². The van der Waals surface area contributed by atoms with Gasteiger partial charge in [0.25, 0.3) is 0 Å². The van der Waals surface area contributed by atoms with Crippen LogP contribution in [0.25, 0.3) is 11.1 Å². The Balaban J connectivity index is 0.000000338. The van der Waals surface area contributed by atoms with Crippen LogP contribution in [0.15, 0.2) is 66.9 Å². The van der Waals surface area contributed by atoms with Crippen LogP contribution in [0.4, 0.5) is 5.69 Å². The molecule has 1 heterocycles. The molecule has 0 radical (unpaired) electrons. The van der Waals surface area contributed by atoms with Crippen molar-refractivity contribution < 1.29 is 0 Å². The predicted octanol–water partition coefficient (Wildman–Crippen LogP) is 5.59. The van der Waals surface area contributed by atoms with Crippen LogP contribution in [0.2, 0.25) is 0 Å². The summed E-state index contributed by atoms with van der Waals surface area (Å²) in [6.45, 7) is 7.61. The first-order valence-corrected chi connectivity index (χ1v) is 8.44. The van der Waals surface area contributed by atoms with Crippen LogP contribution < -0.4 is 5.01 Å². The normalized spacial score (nSPS) is 14.0. The Kier molecular flexibility index (Phi) is 6.42. The number of likely N-dealkylation sites (N-methyl/N-ethyl adjacent to an activating group) is 1. The molecule has 1 aliphatic heterocycles. The molecule has 0 fully saturated rings. The summed E-state index contributed by atoms with van der Waals surface area (Å²) in [6, 6.07) is 19.1. The Morgan fingerprint density at radius 2 is 1.61 bits per heavy atom. The second kappa shape index (κ2) is 8.54. The van der Waals surface area contributed by atoms with Gasteiger partial charge in [0.05, 0.1) is 5.69 Å². The summed E-state index contributed by atoms with van der Waals surface area (Å²) in [5, 5.41) is 4.36.